The number of benzene rings is 1. The number of methoxy groups -OCH3 is 1. The number of allylic oxidation sites excluding steroid dienone is 6. The summed E-state index contributed by atoms with van der Waals surface area (Å²) >= 11 is 0. The lowest BCUT2D eigenvalue weighted by atomic mass is 9.75. The number of hydrogen-bond donors (Lipinski definition) is 1. The second-order valence-corrected chi connectivity index (χ2v) is 7.22. The van der Waals surface area contributed by atoms with Crippen molar-refractivity contribution >= 4 is 0 Å². The summed E-state index contributed by atoms with van der Waals surface area (Å²) in [4.78, 5) is 0. The van der Waals surface area contributed by atoms with Crippen LogP contribution in [0, 0.1) is 6.92 Å². The minimum atomic E-state index is -0.0640. The Hall–Kier alpha value is -2.48. The Kier molecular flexibility index (Phi) is 10.4. The minimum absolute atomic E-state index is 0.0640. The van der Waals surface area contributed by atoms with Gasteiger partial charge in [-0.25, -0.2) is 0 Å². The standard InChI is InChI=1S/C24H33NO.C2H6/c1-14(2)22(15(3)4)24(23(16(5)6)18(8)19(9)25)20-12-11-17(7)13-21(20)26-10;1-2/h11-13,24H,1,5,9,25H2,2-4,6-8,10H3;1-2H3/b23-18+;. The Morgan fingerprint density at radius 3 is 1.79 bits per heavy atom. The number of aryl methyl sites for hydroxylation is 1. The molecule has 2 nitrogen and oxygen atoms in total. The lowest BCUT2D eigenvalue weighted by Crippen LogP contribution is -2.14. The maximum absolute atomic E-state index is 6.07. The Morgan fingerprint density at radius 1 is 0.929 bits per heavy atom. The summed E-state index contributed by atoms with van der Waals surface area (Å²) in [5.74, 6) is 0.787. The quantitative estimate of drug-likeness (QED) is 0.500. The van der Waals surface area contributed by atoms with E-state index in [2.05, 4.69) is 58.7 Å². The molecule has 0 aliphatic rings. The molecule has 0 heterocycles. The van der Waals surface area contributed by atoms with E-state index in [0.29, 0.717) is 5.70 Å². The van der Waals surface area contributed by atoms with Crippen molar-refractivity contribution in [3.63, 3.8) is 0 Å². The first-order valence-corrected chi connectivity index (χ1v) is 9.82. The van der Waals surface area contributed by atoms with E-state index in [0.717, 1.165) is 39.2 Å². The van der Waals surface area contributed by atoms with Crippen LogP contribution < -0.4 is 10.5 Å². The highest BCUT2D eigenvalue weighted by atomic mass is 16.5. The molecule has 0 aliphatic carbocycles. The zero-order valence-electron chi connectivity index (χ0n) is 19.4. The molecule has 154 valence electrons. The van der Waals surface area contributed by atoms with Crippen molar-refractivity contribution in [2.45, 2.75) is 61.3 Å². The highest BCUT2D eigenvalue weighted by molar-refractivity contribution is 5.59. The molecule has 0 aliphatic heterocycles. The predicted molar refractivity (Wildman–Crippen MR) is 126 cm³/mol. The number of nitrogens with two attached hydrogens (primary N) is 1. The summed E-state index contributed by atoms with van der Waals surface area (Å²) < 4.78 is 5.73. The average Bonchev–Trinajstić information content (AvgIpc) is 2.61. The van der Waals surface area contributed by atoms with Crippen LogP contribution in [-0.2, 0) is 0 Å². The van der Waals surface area contributed by atoms with Gasteiger partial charge in [-0.15, -0.1) is 0 Å². The first kappa shape index (κ1) is 25.5. The van der Waals surface area contributed by atoms with Gasteiger partial charge in [0.2, 0.25) is 0 Å². The molecule has 1 aromatic carbocycles. The fraction of sp³-hybridized carbons (Fsp3) is 0.385. The van der Waals surface area contributed by atoms with Crippen molar-refractivity contribution in [3.05, 3.63) is 88.2 Å². The molecular weight excluding hydrogens is 342 g/mol. The van der Waals surface area contributed by atoms with Crippen LogP contribution in [0.1, 0.15) is 65.5 Å². The predicted octanol–water partition coefficient (Wildman–Crippen LogP) is 7.39. The van der Waals surface area contributed by atoms with Crippen molar-refractivity contribution in [2.24, 2.45) is 5.73 Å². The van der Waals surface area contributed by atoms with Gasteiger partial charge in [0.1, 0.15) is 5.75 Å². The first-order valence-electron chi connectivity index (χ1n) is 9.82. The van der Waals surface area contributed by atoms with Gasteiger partial charge in [-0.3, -0.25) is 0 Å². The van der Waals surface area contributed by atoms with Crippen LogP contribution in [0.5, 0.6) is 5.75 Å². The molecular formula is C26H39NO. The summed E-state index contributed by atoms with van der Waals surface area (Å²) in [6.45, 7) is 28.8. The highest BCUT2D eigenvalue weighted by Crippen LogP contribution is 2.45. The summed E-state index contributed by atoms with van der Waals surface area (Å²) in [5, 5.41) is 0. The summed E-state index contributed by atoms with van der Waals surface area (Å²) in [7, 11) is 1.71. The second-order valence-electron chi connectivity index (χ2n) is 7.22. The van der Waals surface area contributed by atoms with Gasteiger partial charge in [-0.2, -0.15) is 0 Å². The monoisotopic (exact) mass is 381 g/mol. The third-order valence-electron chi connectivity index (χ3n) is 4.62. The van der Waals surface area contributed by atoms with Crippen molar-refractivity contribution < 1.29 is 4.74 Å². The summed E-state index contributed by atoms with van der Waals surface area (Å²) in [6, 6.07) is 6.29. The largest absolute Gasteiger partial charge is 0.496 e. The molecule has 1 aromatic rings. The first-order chi connectivity index (χ1) is 13.0. The van der Waals surface area contributed by atoms with Crippen LogP contribution in [0.25, 0.3) is 0 Å². The van der Waals surface area contributed by atoms with Crippen molar-refractivity contribution in [1.82, 2.24) is 0 Å². The normalized spacial score (nSPS) is 12.0. The minimum Gasteiger partial charge on any atom is -0.496 e. The number of hydrogen-bond acceptors (Lipinski definition) is 2. The molecule has 0 saturated heterocycles. The van der Waals surface area contributed by atoms with E-state index in [4.69, 9.17) is 10.5 Å². The topological polar surface area (TPSA) is 35.2 Å². The third-order valence-corrected chi connectivity index (χ3v) is 4.62. The fourth-order valence-electron chi connectivity index (χ4n) is 3.43. The van der Waals surface area contributed by atoms with Gasteiger partial charge < -0.3 is 10.5 Å². The van der Waals surface area contributed by atoms with Gasteiger partial charge in [-0.1, -0.05) is 62.4 Å². The molecule has 1 atom stereocenters. The maximum Gasteiger partial charge on any atom is 0.123 e. The summed E-state index contributed by atoms with van der Waals surface area (Å²) in [5.41, 5.74) is 15.2. The molecule has 0 saturated carbocycles. The van der Waals surface area contributed by atoms with E-state index < -0.39 is 0 Å². The van der Waals surface area contributed by atoms with Crippen LogP contribution in [0.4, 0.5) is 0 Å². The molecule has 2 N–H and O–H groups in total. The van der Waals surface area contributed by atoms with Crippen molar-refractivity contribution in [3.8, 4) is 5.75 Å². The molecule has 0 fully saturated rings. The molecule has 0 aromatic heterocycles. The van der Waals surface area contributed by atoms with Gasteiger partial charge in [0, 0.05) is 17.2 Å². The third kappa shape index (κ3) is 6.02. The van der Waals surface area contributed by atoms with Gasteiger partial charge in [-0.05, 0) is 69.9 Å². The van der Waals surface area contributed by atoms with Crippen LogP contribution in [0.3, 0.4) is 0 Å². The number of rotatable bonds is 7. The summed E-state index contributed by atoms with van der Waals surface area (Å²) in [6.07, 6.45) is 0. The van der Waals surface area contributed by atoms with E-state index in [9.17, 15) is 0 Å². The van der Waals surface area contributed by atoms with Crippen LogP contribution >= 0.6 is 0 Å². The molecule has 1 unspecified atom stereocenters. The van der Waals surface area contributed by atoms with E-state index in [-0.39, 0.29) is 5.92 Å². The Balaban J connectivity index is 0.00000352. The molecule has 0 radical (unpaired) electrons. The fourth-order valence-corrected chi connectivity index (χ4v) is 3.43. The second kappa shape index (κ2) is 11.4. The SMILES string of the molecule is C=C(C)C(=C(C)C)C(/C(C(=C)C)=C(\C)C(=C)N)c1ccc(C)cc1OC.CC. The Bertz CT molecular complexity index is 802. The van der Waals surface area contributed by atoms with Crippen molar-refractivity contribution in [2.75, 3.05) is 7.11 Å². The molecule has 2 heteroatoms. The smallest absolute Gasteiger partial charge is 0.123 e. The Morgan fingerprint density at radius 2 is 1.43 bits per heavy atom. The maximum atomic E-state index is 6.07. The van der Waals surface area contributed by atoms with E-state index in [1.165, 1.54) is 11.1 Å². The van der Waals surface area contributed by atoms with E-state index >= 15 is 0 Å². The van der Waals surface area contributed by atoms with Gasteiger partial charge >= 0.3 is 0 Å². The van der Waals surface area contributed by atoms with E-state index in [1.54, 1.807) is 7.11 Å². The lowest BCUT2D eigenvalue weighted by molar-refractivity contribution is 0.408. The molecule has 0 spiro atoms. The average molecular weight is 382 g/mol. The molecule has 1 rings (SSSR count). The van der Waals surface area contributed by atoms with Gasteiger partial charge in [0.05, 0.1) is 7.11 Å². The molecule has 28 heavy (non-hydrogen) atoms. The zero-order chi connectivity index (χ0) is 22.2. The Labute approximate surface area is 173 Å². The van der Waals surface area contributed by atoms with Gasteiger partial charge in [0.25, 0.3) is 0 Å². The van der Waals surface area contributed by atoms with Crippen LogP contribution in [-0.4, -0.2) is 7.11 Å². The lowest BCUT2D eigenvalue weighted by Gasteiger charge is -2.30. The molecule has 0 bridgehead atoms. The van der Waals surface area contributed by atoms with Crippen LogP contribution in [0.2, 0.25) is 0 Å². The van der Waals surface area contributed by atoms with Crippen molar-refractivity contribution in [1.29, 1.82) is 0 Å². The number of ether oxygens (including phenoxy) is 1. The van der Waals surface area contributed by atoms with Gasteiger partial charge in [0.15, 0.2) is 0 Å². The van der Waals surface area contributed by atoms with E-state index in [1.807, 2.05) is 34.6 Å². The molecule has 0 amide bonds. The zero-order valence-corrected chi connectivity index (χ0v) is 19.4. The highest BCUT2D eigenvalue weighted by Gasteiger charge is 2.28. The van der Waals surface area contributed by atoms with Crippen LogP contribution in [0.15, 0.2) is 77.1 Å².